The lowest BCUT2D eigenvalue weighted by atomic mass is 9.90. The SMILES string of the molecule is CN(Cc1ccccn1)C(C)(c1ccccn1)c1ccccn1. The van der Waals surface area contributed by atoms with Crippen molar-refractivity contribution in [2.24, 2.45) is 0 Å². The van der Waals surface area contributed by atoms with E-state index in [1.165, 1.54) is 0 Å². The van der Waals surface area contributed by atoms with Crippen LogP contribution in [0.4, 0.5) is 0 Å². The fourth-order valence-electron chi connectivity index (χ4n) is 2.72. The second kappa shape index (κ2) is 6.67. The molecule has 3 heterocycles. The van der Waals surface area contributed by atoms with Crippen LogP contribution in [0.3, 0.4) is 0 Å². The van der Waals surface area contributed by atoms with Crippen molar-refractivity contribution < 1.29 is 0 Å². The second-order valence-corrected chi connectivity index (χ2v) is 5.68. The third-order valence-corrected chi connectivity index (χ3v) is 4.22. The molecule has 0 radical (unpaired) electrons. The van der Waals surface area contributed by atoms with Crippen LogP contribution in [-0.4, -0.2) is 26.9 Å². The van der Waals surface area contributed by atoms with Crippen LogP contribution >= 0.6 is 0 Å². The van der Waals surface area contributed by atoms with Crippen LogP contribution < -0.4 is 0 Å². The number of hydrogen-bond acceptors (Lipinski definition) is 4. The first-order valence-electron chi connectivity index (χ1n) is 7.65. The van der Waals surface area contributed by atoms with Gasteiger partial charge in [0.1, 0.15) is 5.54 Å². The van der Waals surface area contributed by atoms with E-state index in [2.05, 4.69) is 33.8 Å². The molecule has 0 saturated carbocycles. The van der Waals surface area contributed by atoms with E-state index >= 15 is 0 Å². The van der Waals surface area contributed by atoms with Crippen molar-refractivity contribution in [1.82, 2.24) is 19.9 Å². The Morgan fingerprint density at radius 3 is 1.74 bits per heavy atom. The molecule has 0 aliphatic carbocycles. The maximum absolute atomic E-state index is 4.59. The van der Waals surface area contributed by atoms with Gasteiger partial charge in [-0.2, -0.15) is 0 Å². The van der Waals surface area contributed by atoms with Crippen molar-refractivity contribution in [1.29, 1.82) is 0 Å². The van der Waals surface area contributed by atoms with Gasteiger partial charge in [0.15, 0.2) is 0 Å². The van der Waals surface area contributed by atoms with Gasteiger partial charge in [-0.1, -0.05) is 18.2 Å². The molecule has 3 aromatic heterocycles. The fourth-order valence-corrected chi connectivity index (χ4v) is 2.72. The highest BCUT2D eigenvalue weighted by molar-refractivity contribution is 5.29. The molecule has 0 bridgehead atoms. The van der Waals surface area contributed by atoms with Crippen molar-refractivity contribution in [3.05, 3.63) is 90.3 Å². The zero-order chi connectivity index (χ0) is 16.1. The summed E-state index contributed by atoms with van der Waals surface area (Å²) in [4.78, 5) is 15.8. The standard InChI is InChI=1S/C19H20N4/c1-19(17-10-4-7-13-21-17,18-11-5-8-14-22-18)23(2)15-16-9-3-6-12-20-16/h3-14H,15H2,1-2H3. The molecule has 0 amide bonds. The van der Waals surface area contributed by atoms with Crippen LogP contribution in [0.15, 0.2) is 73.2 Å². The normalized spacial score (nSPS) is 11.6. The molecule has 4 heteroatoms. The van der Waals surface area contributed by atoms with Gasteiger partial charge >= 0.3 is 0 Å². The first kappa shape index (κ1) is 15.3. The highest BCUT2D eigenvalue weighted by Crippen LogP contribution is 2.32. The van der Waals surface area contributed by atoms with Crippen molar-refractivity contribution in [2.45, 2.75) is 19.0 Å². The molecule has 0 atom stereocenters. The lowest BCUT2D eigenvalue weighted by Gasteiger charge is -2.37. The third kappa shape index (κ3) is 3.12. The lowest BCUT2D eigenvalue weighted by Crippen LogP contribution is -2.43. The molecule has 0 aliphatic heterocycles. The van der Waals surface area contributed by atoms with Crippen molar-refractivity contribution >= 4 is 0 Å². The Morgan fingerprint density at radius 2 is 1.30 bits per heavy atom. The van der Waals surface area contributed by atoms with E-state index in [0.717, 1.165) is 17.1 Å². The highest BCUT2D eigenvalue weighted by atomic mass is 15.2. The summed E-state index contributed by atoms with van der Waals surface area (Å²) in [7, 11) is 2.08. The minimum Gasteiger partial charge on any atom is -0.285 e. The Hall–Kier alpha value is -2.59. The summed E-state index contributed by atoms with van der Waals surface area (Å²) in [5.74, 6) is 0. The monoisotopic (exact) mass is 304 g/mol. The number of nitrogens with zero attached hydrogens (tertiary/aromatic N) is 4. The number of hydrogen-bond donors (Lipinski definition) is 0. The summed E-state index contributed by atoms with van der Waals surface area (Å²) < 4.78 is 0. The van der Waals surface area contributed by atoms with Gasteiger partial charge in [-0.15, -0.1) is 0 Å². The number of rotatable bonds is 5. The predicted molar refractivity (Wildman–Crippen MR) is 90.6 cm³/mol. The minimum atomic E-state index is -0.431. The quantitative estimate of drug-likeness (QED) is 0.725. The van der Waals surface area contributed by atoms with E-state index < -0.39 is 5.54 Å². The molecule has 116 valence electrons. The maximum atomic E-state index is 4.59. The lowest BCUT2D eigenvalue weighted by molar-refractivity contribution is 0.158. The Kier molecular flexibility index (Phi) is 4.44. The van der Waals surface area contributed by atoms with Gasteiger partial charge in [0.2, 0.25) is 0 Å². The topological polar surface area (TPSA) is 41.9 Å². The van der Waals surface area contributed by atoms with E-state index in [4.69, 9.17) is 0 Å². The summed E-state index contributed by atoms with van der Waals surface area (Å²) in [5.41, 5.74) is 2.53. The van der Waals surface area contributed by atoms with Crippen LogP contribution in [0.25, 0.3) is 0 Å². The number of pyridine rings is 3. The fraction of sp³-hybridized carbons (Fsp3) is 0.211. The smallest absolute Gasteiger partial charge is 0.103 e. The van der Waals surface area contributed by atoms with Gasteiger partial charge in [0.05, 0.1) is 17.1 Å². The Labute approximate surface area is 136 Å². The summed E-state index contributed by atoms with van der Waals surface area (Å²) >= 11 is 0. The molecule has 23 heavy (non-hydrogen) atoms. The molecule has 0 unspecified atom stereocenters. The van der Waals surface area contributed by atoms with Crippen molar-refractivity contribution in [3.63, 3.8) is 0 Å². The number of aromatic nitrogens is 3. The van der Waals surface area contributed by atoms with E-state index in [1.807, 2.05) is 73.2 Å². The van der Waals surface area contributed by atoms with E-state index in [9.17, 15) is 0 Å². The van der Waals surface area contributed by atoms with Gasteiger partial charge in [-0.05, 0) is 50.4 Å². The molecule has 0 fully saturated rings. The van der Waals surface area contributed by atoms with Crippen LogP contribution in [-0.2, 0) is 12.1 Å². The molecule has 0 aliphatic rings. The van der Waals surface area contributed by atoms with Crippen molar-refractivity contribution in [2.75, 3.05) is 7.05 Å². The van der Waals surface area contributed by atoms with Gasteiger partial charge < -0.3 is 0 Å². The maximum Gasteiger partial charge on any atom is 0.103 e. The van der Waals surface area contributed by atoms with Gasteiger partial charge in [0.25, 0.3) is 0 Å². The summed E-state index contributed by atoms with van der Waals surface area (Å²) in [6.45, 7) is 2.87. The molecular weight excluding hydrogens is 284 g/mol. The summed E-state index contributed by atoms with van der Waals surface area (Å²) in [6, 6.07) is 18.0. The molecular formula is C19H20N4. The van der Waals surface area contributed by atoms with Crippen LogP contribution in [0, 0.1) is 0 Å². The first-order chi connectivity index (χ1) is 11.2. The molecule has 0 saturated heterocycles. The Balaban J connectivity index is 2.02. The van der Waals surface area contributed by atoms with Crippen LogP contribution in [0.1, 0.15) is 24.0 Å². The van der Waals surface area contributed by atoms with Crippen LogP contribution in [0.2, 0.25) is 0 Å². The highest BCUT2D eigenvalue weighted by Gasteiger charge is 2.36. The predicted octanol–water partition coefficient (Wildman–Crippen LogP) is 3.27. The van der Waals surface area contributed by atoms with E-state index in [-0.39, 0.29) is 0 Å². The molecule has 4 nitrogen and oxygen atoms in total. The summed E-state index contributed by atoms with van der Waals surface area (Å²) in [6.07, 6.45) is 5.47. The second-order valence-electron chi connectivity index (χ2n) is 5.68. The van der Waals surface area contributed by atoms with E-state index in [1.54, 1.807) is 0 Å². The Bertz CT molecular complexity index is 690. The van der Waals surface area contributed by atoms with Gasteiger partial charge in [-0.25, -0.2) is 0 Å². The minimum absolute atomic E-state index is 0.431. The Morgan fingerprint density at radius 1 is 0.783 bits per heavy atom. The van der Waals surface area contributed by atoms with E-state index in [0.29, 0.717) is 6.54 Å². The summed E-state index contributed by atoms with van der Waals surface area (Å²) in [5, 5.41) is 0. The molecule has 0 aromatic carbocycles. The van der Waals surface area contributed by atoms with Crippen molar-refractivity contribution in [3.8, 4) is 0 Å². The van der Waals surface area contributed by atoms with Gasteiger partial charge in [0, 0.05) is 25.1 Å². The average Bonchev–Trinajstić information content (AvgIpc) is 2.63. The van der Waals surface area contributed by atoms with Gasteiger partial charge in [-0.3, -0.25) is 19.9 Å². The average molecular weight is 304 g/mol. The van der Waals surface area contributed by atoms with Crippen LogP contribution in [0.5, 0.6) is 0 Å². The molecule has 0 spiro atoms. The first-order valence-corrected chi connectivity index (χ1v) is 7.65. The molecule has 3 aromatic rings. The molecule has 3 rings (SSSR count). The molecule has 0 N–H and O–H groups in total. The largest absolute Gasteiger partial charge is 0.285 e. The third-order valence-electron chi connectivity index (χ3n) is 4.22. The zero-order valence-corrected chi connectivity index (χ0v) is 13.4. The zero-order valence-electron chi connectivity index (χ0n) is 13.4.